The number of carbonyl (C=O) groups is 2. The van der Waals surface area contributed by atoms with Crippen molar-refractivity contribution in [2.45, 2.75) is 53.6 Å². The van der Waals surface area contributed by atoms with E-state index in [-0.39, 0.29) is 24.8 Å². The Hall–Kier alpha value is -4.59. The molecule has 214 valence electrons. The maximum absolute atomic E-state index is 12.6. The van der Waals surface area contributed by atoms with E-state index in [1.165, 1.54) is 0 Å². The van der Waals surface area contributed by atoms with Crippen molar-refractivity contribution in [1.29, 1.82) is 0 Å². The van der Waals surface area contributed by atoms with Crippen LogP contribution in [-0.4, -0.2) is 40.4 Å². The van der Waals surface area contributed by atoms with E-state index >= 15 is 0 Å². The SMILES string of the molecule is CCOc1ccc(C)cc1-n1cc(-c2ccc(C)cc2)c(Oc2ccc(C(=O)NCCC(=O)OC(C)(C)C)cc2)n1. The second-order valence-electron chi connectivity index (χ2n) is 10.8. The molecular formula is C33H37N3O5. The van der Waals surface area contributed by atoms with Gasteiger partial charge in [-0.15, -0.1) is 5.10 Å². The van der Waals surface area contributed by atoms with Gasteiger partial charge in [-0.2, -0.15) is 0 Å². The zero-order valence-electron chi connectivity index (χ0n) is 24.5. The summed E-state index contributed by atoms with van der Waals surface area (Å²) >= 11 is 0. The van der Waals surface area contributed by atoms with Gasteiger partial charge in [0.2, 0.25) is 5.88 Å². The van der Waals surface area contributed by atoms with Crippen LogP contribution in [0.1, 0.15) is 55.6 Å². The van der Waals surface area contributed by atoms with Crippen LogP contribution in [0.2, 0.25) is 0 Å². The van der Waals surface area contributed by atoms with Crippen molar-refractivity contribution < 1.29 is 23.8 Å². The van der Waals surface area contributed by atoms with Crippen LogP contribution < -0.4 is 14.8 Å². The molecule has 0 bridgehead atoms. The van der Waals surface area contributed by atoms with Gasteiger partial charge < -0.3 is 19.5 Å². The molecule has 0 unspecified atom stereocenters. The molecule has 0 fully saturated rings. The summed E-state index contributed by atoms with van der Waals surface area (Å²) in [5.41, 5.74) is 4.72. The molecule has 0 spiro atoms. The number of hydrogen-bond acceptors (Lipinski definition) is 6. The van der Waals surface area contributed by atoms with E-state index in [9.17, 15) is 9.59 Å². The van der Waals surface area contributed by atoms with Gasteiger partial charge >= 0.3 is 5.97 Å². The van der Waals surface area contributed by atoms with Gasteiger partial charge in [-0.1, -0.05) is 35.9 Å². The number of ether oxygens (including phenoxy) is 3. The lowest BCUT2D eigenvalue weighted by Gasteiger charge is -2.19. The maximum atomic E-state index is 12.6. The van der Waals surface area contributed by atoms with E-state index in [0.717, 1.165) is 33.7 Å². The first-order chi connectivity index (χ1) is 19.5. The van der Waals surface area contributed by atoms with Gasteiger partial charge in [0.15, 0.2) is 0 Å². The highest BCUT2D eigenvalue weighted by Gasteiger charge is 2.18. The second kappa shape index (κ2) is 12.7. The van der Waals surface area contributed by atoms with Crippen molar-refractivity contribution in [2.24, 2.45) is 0 Å². The molecule has 0 atom stereocenters. The lowest BCUT2D eigenvalue weighted by molar-refractivity contribution is -0.154. The Morgan fingerprint density at radius 1 is 0.927 bits per heavy atom. The van der Waals surface area contributed by atoms with E-state index in [1.807, 2.05) is 90.2 Å². The van der Waals surface area contributed by atoms with Crippen molar-refractivity contribution in [3.63, 3.8) is 0 Å². The van der Waals surface area contributed by atoms with Gasteiger partial charge in [0.1, 0.15) is 22.8 Å². The lowest BCUT2D eigenvalue weighted by Crippen LogP contribution is -2.29. The molecular weight excluding hydrogens is 518 g/mol. The number of hydrogen-bond donors (Lipinski definition) is 1. The molecule has 0 aliphatic carbocycles. The number of amides is 1. The van der Waals surface area contributed by atoms with Gasteiger partial charge in [0, 0.05) is 18.3 Å². The summed E-state index contributed by atoms with van der Waals surface area (Å²) in [4.78, 5) is 24.5. The largest absolute Gasteiger partial charge is 0.492 e. The summed E-state index contributed by atoms with van der Waals surface area (Å²) in [7, 11) is 0. The first kappa shape index (κ1) is 29.4. The summed E-state index contributed by atoms with van der Waals surface area (Å²) in [6.45, 7) is 12.2. The Kier molecular flexibility index (Phi) is 9.12. The Labute approximate surface area is 241 Å². The topological polar surface area (TPSA) is 91.7 Å². The predicted molar refractivity (Wildman–Crippen MR) is 159 cm³/mol. The zero-order valence-corrected chi connectivity index (χ0v) is 24.5. The van der Waals surface area contributed by atoms with E-state index in [0.29, 0.717) is 23.8 Å². The highest BCUT2D eigenvalue weighted by molar-refractivity contribution is 5.94. The lowest BCUT2D eigenvalue weighted by atomic mass is 10.1. The standard InChI is InChI=1S/C33H37N3O5/c1-7-39-29-17-10-23(3)20-28(29)36-21-27(24-11-8-22(2)9-12-24)32(35-36)40-26-15-13-25(14-16-26)31(38)34-19-18-30(37)41-33(4,5)6/h8-17,20-21H,7,18-19H2,1-6H3,(H,34,38). The number of esters is 1. The number of nitrogens with zero attached hydrogens (tertiary/aromatic N) is 2. The Bertz CT molecular complexity index is 1500. The Morgan fingerprint density at radius 3 is 2.27 bits per heavy atom. The summed E-state index contributed by atoms with van der Waals surface area (Å²) in [6.07, 6.45) is 2.03. The average molecular weight is 556 g/mol. The number of benzene rings is 3. The number of rotatable bonds is 10. The number of carbonyl (C=O) groups excluding carboxylic acids is 2. The summed E-state index contributed by atoms with van der Waals surface area (Å²) in [5.74, 6) is 1.04. The molecule has 4 aromatic rings. The zero-order chi connectivity index (χ0) is 29.6. The van der Waals surface area contributed by atoms with E-state index < -0.39 is 5.60 Å². The first-order valence-electron chi connectivity index (χ1n) is 13.7. The van der Waals surface area contributed by atoms with Crippen LogP contribution in [0.4, 0.5) is 0 Å². The van der Waals surface area contributed by atoms with Crippen molar-refractivity contribution >= 4 is 11.9 Å². The third kappa shape index (κ3) is 7.97. The van der Waals surface area contributed by atoms with Crippen LogP contribution >= 0.6 is 0 Å². The second-order valence-corrected chi connectivity index (χ2v) is 10.8. The highest BCUT2D eigenvalue weighted by atomic mass is 16.6. The third-order valence-electron chi connectivity index (χ3n) is 6.07. The van der Waals surface area contributed by atoms with Crippen molar-refractivity contribution in [3.05, 3.63) is 89.6 Å². The van der Waals surface area contributed by atoms with Crippen LogP contribution in [-0.2, 0) is 9.53 Å². The fraction of sp³-hybridized carbons (Fsp3) is 0.303. The van der Waals surface area contributed by atoms with Crippen molar-refractivity contribution in [2.75, 3.05) is 13.2 Å². The van der Waals surface area contributed by atoms with Crippen LogP contribution in [0.3, 0.4) is 0 Å². The molecule has 0 aliphatic heterocycles. The minimum Gasteiger partial charge on any atom is -0.492 e. The minimum atomic E-state index is -0.558. The summed E-state index contributed by atoms with van der Waals surface area (Å²) < 4.78 is 19.2. The quantitative estimate of drug-likeness (QED) is 0.216. The Morgan fingerprint density at radius 2 is 1.61 bits per heavy atom. The normalized spacial score (nSPS) is 11.2. The van der Waals surface area contributed by atoms with Crippen molar-refractivity contribution in [3.8, 4) is 34.2 Å². The molecule has 41 heavy (non-hydrogen) atoms. The molecule has 0 saturated heterocycles. The predicted octanol–water partition coefficient (Wildman–Crippen LogP) is 6.81. The molecule has 0 saturated carbocycles. The Balaban J connectivity index is 1.54. The van der Waals surface area contributed by atoms with E-state index in [4.69, 9.17) is 19.3 Å². The fourth-order valence-electron chi connectivity index (χ4n) is 4.13. The number of aryl methyl sites for hydroxylation is 2. The molecule has 1 heterocycles. The molecule has 4 rings (SSSR count). The molecule has 0 aliphatic rings. The van der Waals surface area contributed by atoms with Crippen molar-refractivity contribution in [1.82, 2.24) is 15.1 Å². The van der Waals surface area contributed by atoms with Gasteiger partial charge in [0.05, 0.1) is 18.6 Å². The maximum Gasteiger partial charge on any atom is 0.308 e. The number of nitrogens with one attached hydrogen (secondary N) is 1. The third-order valence-corrected chi connectivity index (χ3v) is 6.07. The molecule has 1 aromatic heterocycles. The van der Waals surface area contributed by atoms with E-state index in [1.54, 1.807) is 28.9 Å². The van der Waals surface area contributed by atoms with Gasteiger partial charge in [-0.25, -0.2) is 4.68 Å². The van der Waals surface area contributed by atoms with Crippen LogP contribution in [0.15, 0.2) is 72.9 Å². The molecule has 1 amide bonds. The number of aromatic nitrogens is 2. The van der Waals surface area contributed by atoms with Crippen LogP contribution in [0.25, 0.3) is 16.8 Å². The minimum absolute atomic E-state index is 0.0978. The average Bonchev–Trinajstić information content (AvgIpc) is 3.33. The highest BCUT2D eigenvalue weighted by Crippen LogP contribution is 2.35. The molecule has 3 aromatic carbocycles. The van der Waals surface area contributed by atoms with Crippen LogP contribution in [0, 0.1) is 13.8 Å². The van der Waals surface area contributed by atoms with Gasteiger partial charge in [-0.05, 0) is 89.1 Å². The van der Waals surface area contributed by atoms with Gasteiger partial charge in [0.25, 0.3) is 5.91 Å². The molecule has 8 nitrogen and oxygen atoms in total. The molecule has 8 heteroatoms. The monoisotopic (exact) mass is 555 g/mol. The van der Waals surface area contributed by atoms with Gasteiger partial charge in [-0.3, -0.25) is 9.59 Å². The van der Waals surface area contributed by atoms with Crippen LogP contribution in [0.5, 0.6) is 17.4 Å². The summed E-state index contributed by atoms with van der Waals surface area (Å²) in [5, 5.41) is 7.54. The smallest absolute Gasteiger partial charge is 0.308 e. The van der Waals surface area contributed by atoms with E-state index in [2.05, 4.69) is 5.32 Å². The fourth-order valence-corrected chi connectivity index (χ4v) is 4.13. The molecule has 1 N–H and O–H groups in total. The first-order valence-corrected chi connectivity index (χ1v) is 13.7. The summed E-state index contributed by atoms with van der Waals surface area (Å²) in [6, 6.07) is 20.9. The molecule has 0 radical (unpaired) electrons.